The largest absolute Gasteiger partial charge is 0.497 e. The zero-order valence-electron chi connectivity index (χ0n) is 19.3. The Balaban J connectivity index is 1.57. The van der Waals surface area contributed by atoms with E-state index in [2.05, 4.69) is 29.2 Å². The van der Waals surface area contributed by atoms with E-state index < -0.39 is 0 Å². The predicted molar refractivity (Wildman–Crippen MR) is 131 cm³/mol. The number of hydrogen-bond donors (Lipinski definition) is 1. The van der Waals surface area contributed by atoms with Gasteiger partial charge in [-0.15, -0.1) is 0 Å². The number of carbonyl (C=O) groups is 1. The summed E-state index contributed by atoms with van der Waals surface area (Å²) < 4.78 is 17.1. The van der Waals surface area contributed by atoms with Crippen molar-refractivity contribution in [2.45, 2.75) is 26.1 Å². The molecule has 1 fully saturated rings. The summed E-state index contributed by atoms with van der Waals surface area (Å²) in [5, 5.41) is 8.70. The number of aromatic nitrogens is 1. The number of nitrogens with one attached hydrogen (secondary N) is 1. The second-order valence-corrected chi connectivity index (χ2v) is 8.94. The molecule has 0 unspecified atom stereocenters. The van der Waals surface area contributed by atoms with Crippen LogP contribution in [0, 0.1) is 0 Å². The summed E-state index contributed by atoms with van der Waals surface area (Å²) in [6.45, 7) is 5.60. The molecule has 0 saturated carbocycles. The summed E-state index contributed by atoms with van der Waals surface area (Å²) in [5.41, 5.74) is 5.19. The number of fused-ring (bicyclic) bond motifs is 2. The summed E-state index contributed by atoms with van der Waals surface area (Å²) in [6, 6.07) is 17.2. The van der Waals surface area contributed by atoms with Crippen LogP contribution >= 0.6 is 0 Å². The maximum Gasteiger partial charge on any atom is 0.196 e. The number of anilines is 3. The lowest BCUT2D eigenvalue weighted by atomic mass is 9.86. The minimum atomic E-state index is -0.0393. The topological polar surface area (TPSA) is 76.8 Å². The Kier molecular flexibility index (Phi) is 4.81. The van der Waals surface area contributed by atoms with Gasteiger partial charge in [0.2, 0.25) is 0 Å². The van der Waals surface area contributed by atoms with E-state index >= 15 is 0 Å². The molecule has 0 amide bonds. The highest BCUT2D eigenvalue weighted by Gasteiger charge is 2.34. The molecular weight excluding hydrogens is 430 g/mol. The van der Waals surface area contributed by atoms with Gasteiger partial charge in [-0.25, -0.2) is 0 Å². The van der Waals surface area contributed by atoms with Crippen LogP contribution in [0.25, 0.3) is 22.2 Å². The first kappa shape index (κ1) is 20.7. The fourth-order valence-electron chi connectivity index (χ4n) is 5.09. The first-order chi connectivity index (χ1) is 16.5. The smallest absolute Gasteiger partial charge is 0.196 e. The summed E-state index contributed by atoms with van der Waals surface area (Å²) in [4.78, 5) is 16.0. The molecule has 0 bridgehead atoms. The fourth-order valence-corrected chi connectivity index (χ4v) is 5.09. The predicted octanol–water partition coefficient (Wildman–Crippen LogP) is 5.41. The summed E-state index contributed by atoms with van der Waals surface area (Å²) in [7, 11) is 1.64. The SMILES string of the molecule is COc1ccc(Nc2cc(N3C[C@H](C)O[C@@H](C)C3)c3noc4c3c2C(=O)c2ccccc2-4)cc1. The molecule has 7 heteroatoms. The maximum atomic E-state index is 13.7. The summed E-state index contributed by atoms with van der Waals surface area (Å²) in [5.74, 6) is 1.36. The van der Waals surface area contributed by atoms with E-state index in [9.17, 15) is 4.79 Å². The molecule has 2 aliphatic rings. The van der Waals surface area contributed by atoms with Gasteiger partial charge in [-0.1, -0.05) is 29.4 Å². The van der Waals surface area contributed by atoms with E-state index in [4.69, 9.17) is 14.0 Å². The molecule has 1 saturated heterocycles. The van der Waals surface area contributed by atoms with Crippen molar-refractivity contribution < 1.29 is 18.8 Å². The first-order valence-corrected chi connectivity index (χ1v) is 11.5. The van der Waals surface area contributed by atoms with Crippen molar-refractivity contribution in [3.63, 3.8) is 0 Å². The lowest BCUT2D eigenvalue weighted by Crippen LogP contribution is -2.45. The molecule has 1 aliphatic carbocycles. The number of ketones is 1. The molecule has 1 N–H and O–H groups in total. The third-order valence-corrected chi connectivity index (χ3v) is 6.51. The average Bonchev–Trinajstić information content (AvgIpc) is 3.28. The number of hydrogen-bond acceptors (Lipinski definition) is 7. The molecule has 1 aromatic heterocycles. The van der Waals surface area contributed by atoms with Crippen LogP contribution in [-0.4, -0.2) is 43.3 Å². The Morgan fingerprint density at radius 2 is 1.74 bits per heavy atom. The zero-order valence-corrected chi connectivity index (χ0v) is 19.3. The first-order valence-electron chi connectivity index (χ1n) is 11.5. The van der Waals surface area contributed by atoms with E-state index in [0.717, 1.165) is 46.9 Å². The highest BCUT2D eigenvalue weighted by molar-refractivity contribution is 6.28. The minimum absolute atomic E-state index is 0.0393. The van der Waals surface area contributed by atoms with Crippen LogP contribution in [0.4, 0.5) is 17.1 Å². The second-order valence-electron chi connectivity index (χ2n) is 8.94. The number of benzene rings is 3. The van der Waals surface area contributed by atoms with E-state index in [0.29, 0.717) is 22.4 Å². The third-order valence-electron chi connectivity index (χ3n) is 6.51. The van der Waals surface area contributed by atoms with Crippen molar-refractivity contribution in [1.82, 2.24) is 5.16 Å². The van der Waals surface area contributed by atoms with Crippen molar-refractivity contribution in [1.29, 1.82) is 0 Å². The van der Waals surface area contributed by atoms with Gasteiger partial charge in [-0.3, -0.25) is 4.79 Å². The van der Waals surface area contributed by atoms with E-state index in [1.807, 2.05) is 54.6 Å². The standard InChI is InChI=1S/C27H25N3O4/c1-15-13-30(14-16(2)33-15)22-12-21(28-17-8-10-18(32-3)11-9-17)23-24-25(22)29-34-27(24)20-7-5-4-6-19(20)26(23)31/h4-12,15-16,28H,13-14H2,1-3H3/t15-,16-/m0/s1. The number of carbonyl (C=O) groups excluding carboxylic acids is 1. The molecule has 7 nitrogen and oxygen atoms in total. The van der Waals surface area contributed by atoms with Crippen LogP contribution < -0.4 is 15.0 Å². The van der Waals surface area contributed by atoms with Crippen molar-refractivity contribution in [3.05, 3.63) is 65.7 Å². The van der Waals surface area contributed by atoms with E-state index in [-0.39, 0.29) is 18.0 Å². The molecule has 6 rings (SSSR count). The third kappa shape index (κ3) is 3.23. The molecule has 2 heterocycles. The van der Waals surface area contributed by atoms with Crippen LogP contribution in [0.15, 0.2) is 59.1 Å². The normalized spacial score (nSPS) is 19.3. The molecule has 0 radical (unpaired) electrons. The van der Waals surface area contributed by atoms with Crippen LogP contribution in [0.1, 0.15) is 29.8 Å². The Morgan fingerprint density at radius 1 is 1.03 bits per heavy atom. The van der Waals surface area contributed by atoms with Crippen molar-refractivity contribution in [2.24, 2.45) is 0 Å². The van der Waals surface area contributed by atoms with Gasteiger partial charge in [-0.05, 0) is 44.2 Å². The molecule has 4 aromatic rings. The summed E-state index contributed by atoms with van der Waals surface area (Å²) >= 11 is 0. The molecule has 34 heavy (non-hydrogen) atoms. The number of morpholine rings is 1. The number of methoxy groups -OCH3 is 1. The van der Waals surface area contributed by atoms with E-state index in [1.165, 1.54) is 0 Å². The number of ether oxygens (including phenoxy) is 2. The molecule has 3 aromatic carbocycles. The highest BCUT2D eigenvalue weighted by Crippen LogP contribution is 2.46. The van der Waals surface area contributed by atoms with Gasteiger partial charge in [0.05, 0.1) is 41.6 Å². The quantitative estimate of drug-likeness (QED) is 0.388. The second kappa shape index (κ2) is 7.88. The van der Waals surface area contributed by atoms with Gasteiger partial charge in [0.1, 0.15) is 11.3 Å². The highest BCUT2D eigenvalue weighted by atomic mass is 16.5. The van der Waals surface area contributed by atoms with Crippen molar-refractivity contribution >= 4 is 33.7 Å². The summed E-state index contributed by atoms with van der Waals surface area (Å²) in [6.07, 6.45) is 0.163. The van der Waals surface area contributed by atoms with Gasteiger partial charge < -0.3 is 24.2 Å². The zero-order chi connectivity index (χ0) is 23.4. The number of nitrogens with zero attached hydrogens (tertiary/aromatic N) is 2. The monoisotopic (exact) mass is 455 g/mol. The lowest BCUT2D eigenvalue weighted by molar-refractivity contribution is -0.00515. The Hall–Kier alpha value is -3.84. The van der Waals surface area contributed by atoms with Crippen LogP contribution in [0.3, 0.4) is 0 Å². The van der Waals surface area contributed by atoms with Crippen molar-refractivity contribution in [2.75, 3.05) is 30.4 Å². The van der Waals surface area contributed by atoms with Crippen LogP contribution in [-0.2, 0) is 4.74 Å². The van der Waals surface area contributed by atoms with Gasteiger partial charge >= 0.3 is 0 Å². The minimum Gasteiger partial charge on any atom is -0.497 e. The molecule has 172 valence electrons. The molecular formula is C27H25N3O4. The average molecular weight is 456 g/mol. The molecule has 2 atom stereocenters. The van der Waals surface area contributed by atoms with Gasteiger partial charge in [-0.2, -0.15) is 0 Å². The Labute approximate surface area is 197 Å². The van der Waals surface area contributed by atoms with E-state index in [1.54, 1.807) is 7.11 Å². The van der Waals surface area contributed by atoms with Gasteiger partial charge in [0.25, 0.3) is 0 Å². The molecule has 1 aliphatic heterocycles. The van der Waals surface area contributed by atoms with Crippen LogP contribution in [0.2, 0.25) is 0 Å². The van der Waals surface area contributed by atoms with Gasteiger partial charge in [0.15, 0.2) is 11.5 Å². The lowest BCUT2D eigenvalue weighted by Gasteiger charge is -2.37. The fraction of sp³-hybridized carbons (Fsp3) is 0.259. The Morgan fingerprint density at radius 3 is 2.44 bits per heavy atom. The van der Waals surface area contributed by atoms with Crippen molar-refractivity contribution in [3.8, 4) is 17.1 Å². The maximum absolute atomic E-state index is 13.7. The number of rotatable bonds is 4. The van der Waals surface area contributed by atoms with Gasteiger partial charge in [0, 0.05) is 29.9 Å². The Bertz CT molecular complexity index is 1400. The molecule has 0 spiro atoms. The van der Waals surface area contributed by atoms with Crippen LogP contribution in [0.5, 0.6) is 5.75 Å².